The first-order valence-electron chi connectivity index (χ1n) is 7.80. The van der Waals surface area contributed by atoms with E-state index < -0.39 is 0 Å². The average molecular weight is 321 g/mol. The number of piperidine rings is 1. The van der Waals surface area contributed by atoms with Gasteiger partial charge in [-0.25, -0.2) is 0 Å². The Morgan fingerprint density at radius 1 is 1.45 bits per heavy atom. The van der Waals surface area contributed by atoms with E-state index >= 15 is 0 Å². The van der Waals surface area contributed by atoms with Crippen molar-refractivity contribution in [1.82, 2.24) is 15.1 Å². The summed E-state index contributed by atoms with van der Waals surface area (Å²) in [6, 6.07) is 1.70. The first kappa shape index (κ1) is 14.4. The second kappa shape index (κ2) is 5.44. The van der Waals surface area contributed by atoms with Gasteiger partial charge in [-0.2, -0.15) is 9.49 Å². The van der Waals surface area contributed by atoms with E-state index in [1.54, 1.807) is 6.07 Å². The summed E-state index contributed by atoms with van der Waals surface area (Å²) in [6.45, 7) is 5.64. The summed E-state index contributed by atoms with van der Waals surface area (Å²) in [5, 5.41) is 7.00. The highest BCUT2D eigenvalue weighted by Crippen LogP contribution is 2.45. The molecule has 1 saturated heterocycles. The molecule has 2 aromatic rings. The maximum atomic E-state index is 13.6. The van der Waals surface area contributed by atoms with E-state index in [1.807, 2.05) is 6.20 Å². The lowest BCUT2D eigenvalue weighted by molar-refractivity contribution is -0.0960. The van der Waals surface area contributed by atoms with Crippen LogP contribution in [-0.2, 0) is 23.3 Å². The van der Waals surface area contributed by atoms with Gasteiger partial charge in [0, 0.05) is 35.8 Å². The predicted octanol–water partition coefficient (Wildman–Crippen LogP) is 2.98. The number of rotatable bonds is 2. The molecule has 0 aliphatic carbocycles. The van der Waals surface area contributed by atoms with Crippen molar-refractivity contribution in [2.24, 2.45) is 0 Å². The summed E-state index contributed by atoms with van der Waals surface area (Å²) in [5.74, 6) is 0. The van der Waals surface area contributed by atoms with Gasteiger partial charge in [0.05, 0.1) is 12.8 Å². The zero-order chi connectivity index (χ0) is 15.2. The standard InChI is InChI=1S/C16H20FN3OS/c1-11-13(9-18-19-11)10-20-5-3-16(4-6-20)15-12(2-7-21-16)8-14(17)22-15/h8-9H,2-7,10H2,1H3,(H,18,19). The van der Waals surface area contributed by atoms with E-state index in [0.29, 0.717) is 6.61 Å². The minimum absolute atomic E-state index is 0.0775. The summed E-state index contributed by atoms with van der Waals surface area (Å²) in [4.78, 5) is 3.57. The Hall–Kier alpha value is -1.24. The number of halogens is 1. The monoisotopic (exact) mass is 321 g/mol. The van der Waals surface area contributed by atoms with Crippen LogP contribution in [0, 0.1) is 12.1 Å². The van der Waals surface area contributed by atoms with Crippen LogP contribution >= 0.6 is 11.3 Å². The highest BCUT2D eigenvalue weighted by atomic mass is 32.1. The van der Waals surface area contributed by atoms with Crippen molar-refractivity contribution in [3.8, 4) is 0 Å². The molecule has 4 nitrogen and oxygen atoms in total. The molecule has 4 heterocycles. The molecule has 4 rings (SSSR count). The van der Waals surface area contributed by atoms with Gasteiger partial charge in [-0.05, 0) is 37.8 Å². The molecule has 0 atom stereocenters. The number of fused-ring (bicyclic) bond motifs is 2. The van der Waals surface area contributed by atoms with Crippen LogP contribution in [0.4, 0.5) is 4.39 Å². The SMILES string of the molecule is Cc1[nH]ncc1CN1CCC2(CC1)OCCc1cc(F)sc12. The minimum Gasteiger partial charge on any atom is -0.369 e. The van der Waals surface area contributed by atoms with Gasteiger partial charge in [0.15, 0.2) is 5.13 Å². The highest BCUT2D eigenvalue weighted by Gasteiger charge is 2.42. The van der Waals surface area contributed by atoms with Crippen LogP contribution in [0.5, 0.6) is 0 Å². The summed E-state index contributed by atoms with van der Waals surface area (Å²) in [7, 11) is 0. The van der Waals surface area contributed by atoms with Crippen LogP contribution in [0.15, 0.2) is 12.3 Å². The molecule has 2 aliphatic heterocycles. The zero-order valence-electron chi connectivity index (χ0n) is 12.7. The number of ether oxygens (including phenoxy) is 1. The normalized spacial score (nSPS) is 21.2. The number of thiophene rings is 1. The second-order valence-corrected chi connectivity index (χ2v) is 7.30. The maximum Gasteiger partial charge on any atom is 0.177 e. The lowest BCUT2D eigenvalue weighted by atomic mass is 9.85. The molecule has 0 saturated carbocycles. The van der Waals surface area contributed by atoms with Crippen molar-refractivity contribution in [1.29, 1.82) is 0 Å². The molecule has 1 spiro atoms. The third-order valence-corrected chi connectivity index (χ3v) is 6.09. The highest BCUT2D eigenvalue weighted by molar-refractivity contribution is 7.10. The number of hydrogen-bond donors (Lipinski definition) is 1. The van der Waals surface area contributed by atoms with Gasteiger partial charge >= 0.3 is 0 Å². The van der Waals surface area contributed by atoms with Crippen molar-refractivity contribution in [2.45, 2.75) is 38.3 Å². The fraction of sp³-hybridized carbons (Fsp3) is 0.562. The van der Waals surface area contributed by atoms with E-state index in [-0.39, 0.29) is 10.7 Å². The Morgan fingerprint density at radius 3 is 3.00 bits per heavy atom. The molecular weight excluding hydrogens is 301 g/mol. The van der Waals surface area contributed by atoms with Crippen molar-refractivity contribution < 1.29 is 9.13 Å². The summed E-state index contributed by atoms with van der Waals surface area (Å²) in [6.07, 6.45) is 4.63. The Kier molecular flexibility index (Phi) is 3.55. The number of nitrogens with one attached hydrogen (secondary N) is 1. The van der Waals surface area contributed by atoms with Gasteiger partial charge in [0.25, 0.3) is 0 Å². The fourth-order valence-electron chi connectivity index (χ4n) is 3.61. The number of nitrogens with zero attached hydrogens (tertiary/aromatic N) is 2. The number of hydrogen-bond acceptors (Lipinski definition) is 4. The van der Waals surface area contributed by atoms with Crippen molar-refractivity contribution >= 4 is 11.3 Å². The van der Waals surface area contributed by atoms with Crippen LogP contribution in [0.25, 0.3) is 0 Å². The molecule has 0 unspecified atom stereocenters. The van der Waals surface area contributed by atoms with Gasteiger partial charge in [-0.1, -0.05) is 0 Å². The lowest BCUT2D eigenvalue weighted by Gasteiger charge is -2.43. The van der Waals surface area contributed by atoms with Gasteiger partial charge in [0.2, 0.25) is 0 Å². The fourth-order valence-corrected chi connectivity index (χ4v) is 4.75. The maximum absolute atomic E-state index is 13.6. The van der Waals surface area contributed by atoms with Crippen LogP contribution < -0.4 is 0 Å². The summed E-state index contributed by atoms with van der Waals surface area (Å²) >= 11 is 1.28. The van der Waals surface area contributed by atoms with Crippen molar-refractivity contribution in [3.63, 3.8) is 0 Å². The largest absolute Gasteiger partial charge is 0.369 e. The molecule has 1 fully saturated rings. The topological polar surface area (TPSA) is 41.2 Å². The molecule has 2 aliphatic rings. The van der Waals surface area contributed by atoms with Gasteiger partial charge in [-0.15, -0.1) is 11.3 Å². The number of aromatic nitrogens is 2. The molecule has 1 N–H and O–H groups in total. The summed E-state index contributed by atoms with van der Waals surface area (Å²) < 4.78 is 19.8. The summed E-state index contributed by atoms with van der Waals surface area (Å²) in [5.41, 5.74) is 3.30. The quantitative estimate of drug-likeness (QED) is 0.924. The molecule has 0 aromatic carbocycles. The Labute approximate surface area is 133 Å². The average Bonchev–Trinajstić information content (AvgIpc) is 3.08. The number of aryl methyl sites for hydroxylation is 1. The molecule has 118 valence electrons. The van der Waals surface area contributed by atoms with E-state index in [2.05, 4.69) is 22.0 Å². The van der Waals surface area contributed by atoms with Crippen molar-refractivity contribution in [3.05, 3.63) is 39.1 Å². The molecular formula is C16H20FN3OS. The van der Waals surface area contributed by atoms with Gasteiger partial charge < -0.3 is 4.74 Å². The number of H-pyrrole nitrogens is 1. The van der Waals surface area contributed by atoms with Crippen LogP contribution in [0.1, 0.15) is 34.5 Å². The van der Waals surface area contributed by atoms with Crippen LogP contribution in [0.2, 0.25) is 0 Å². The third kappa shape index (κ3) is 2.39. The Morgan fingerprint density at radius 2 is 2.27 bits per heavy atom. The third-order valence-electron chi connectivity index (χ3n) is 4.93. The molecule has 22 heavy (non-hydrogen) atoms. The van der Waals surface area contributed by atoms with Crippen molar-refractivity contribution in [2.75, 3.05) is 19.7 Å². The van der Waals surface area contributed by atoms with Crippen LogP contribution in [0.3, 0.4) is 0 Å². The van der Waals surface area contributed by atoms with Gasteiger partial charge in [-0.3, -0.25) is 10.00 Å². The Bertz CT molecular complexity index is 673. The second-order valence-electron chi connectivity index (χ2n) is 6.29. The first-order chi connectivity index (χ1) is 10.7. The van der Waals surface area contributed by atoms with Crippen LogP contribution in [-0.4, -0.2) is 34.8 Å². The Balaban J connectivity index is 1.49. The zero-order valence-corrected chi connectivity index (χ0v) is 13.5. The smallest absolute Gasteiger partial charge is 0.177 e. The molecule has 0 radical (unpaired) electrons. The van der Waals surface area contributed by atoms with E-state index in [1.165, 1.54) is 16.9 Å². The minimum atomic E-state index is -0.246. The lowest BCUT2D eigenvalue weighted by Crippen LogP contribution is -2.45. The van der Waals surface area contributed by atoms with Gasteiger partial charge in [0.1, 0.15) is 5.60 Å². The number of aromatic amines is 1. The molecule has 6 heteroatoms. The molecule has 2 aromatic heterocycles. The van der Waals surface area contributed by atoms with E-state index in [0.717, 1.165) is 55.0 Å². The molecule has 0 bridgehead atoms. The first-order valence-corrected chi connectivity index (χ1v) is 8.62. The van der Waals surface area contributed by atoms with E-state index in [4.69, 9.17) is 4.74 Å². The molecule has 0 amide bonds. The van der Waals surface area contributed by atoms with E-state index in [9.17, 15) is 4.39 Å². The number of likely N-dealkylation sites (tertiary alicyclic amines) is 1. The predicted molar refractivity (Wildman–Crippen MR) is 83.4 cm³/mol.